The van der Waals surface area contributed by atoms with Gasteiger partial charge in [0.15, 0.2) is 0 Å². The number of thiazole rings is 1. The lowest BCUT2D eigenvalue weighted by molar-refractivity contribution is -0.384. The first-order valence-corrected chi connectivity index (χ1v) is 7.83. The van der Waals surface area contributed by atoms with Crippen LogP contribution in [0.15, 0.2) is 12.1 Å². The summed E-state index contributed by atoms with van der Waals surface area (Å²) in [6.07, 6.45) is 0.951. The third-order valence-electron chi connectivity index (χ3n) is 4.15. The highest BCUT2D eigenvalue weighted by Gasteiger charge is 2.28. The van der Waals surface area contributed by atoms with Crippen molar-refractivity contribution in [3.8, 4) is 0 Å². The number of aryl methyl sites for hydroxylation is 1. The fourth-order valence-electron chi connectivity index (χ4n) is 2.78. The lowest BCUT2D eigenvalue weighted by atomic mass is 9.94. The first kappa shape index (κ1) is 14.2. The Morgan fingerprint density at radius 2 is 2.29 bits per heavy atom. The van der Waals surface area contributed by atoms with Crippen molar-refractivity contribution in [2.45, 2.75) is 26.3 Å². The normalized spacial score (nSPS) is 22.7. The molecule has 0 radical (unpaired) electrons. The maximum absolute atomic E-state index is 11.4. The summed E-state index contributed by atoms with van der Waals surface area (Å²) >= 11 is 1.48. The SMILES string of the molecule is Cc1nc2cc(N3CCC(C)C(N)C3)c([N+](=O)[O-])cc2s1. The quantitative estimate of drug-likeness (QED) is 0.681. The number of nitro benzene ring substituents is 1. The number of nitrogens with zero attached hydrogens (tertiary/aromatic N) is 3. The van der Waals surface area contributed by atoms with E-state index in [0.717, 1.165) is 28.2 Å². The smallest absolute Gasteiger partial charge is 0.294 e. The van der Waals surface area contributed by atoms with Gasteiger partial charge < -0.3 is 10.6 Å². The van der Waals surface area contributed by atoms with E-state index in [1.54, 1.807) is 6.07 Å². The molecule has 2 unspecified atom stereocenters. The van der Waals surface area contributed by atoms with Gasteiger partial charge in [0, 0.05) is 25.2 Å². The lowest BCUT2D eigenvalue weighted by Gasteiger charge is -2.36. The van der Waals surface area contributed by atoms with Gasteiger partial charge in [-0.2, -0.15) is 0 Å². The van der Waals surface area contributed by atoms with Gasteiger partial charge in [0.2, 0.25) is 0 Å². The Morgan fingerprint density at radius 1 is 1.52 bits per heavy atom. The highest BCUT2D eigenvalue weighted by atomic mass is 32.1. The van der Waals surface area contributed by atoms with Gasteiger partial charge >= 0.3 is 0 Å². The minimum atomic E-state index is -0.312. The zero-order chi connectivity index (χ0) is 15.1. The first-order valence-electron chi connectivity index (χ1n) is 7.02. The molecule has 1 aromatic carbocycles. The Labute approximate surface area is 126 Å². The van der Waals surface area contributed by atoms with Crippen LogP contribution < -0.4 is 10.6 Å². The van der Waals surface area contributed by atoms with Crippen LogP contribution in [0.1, 0.15) is 18.4 Å². The van der Waals surface area contributed by atoms with Gasteiger partial charge in [-0.05, 0) is 25.3 Å². The molecule has 3 rings (SSSR count). The molecule has 1 aromatic heterocycles. The topological polar surface area (TPSA) is 85.3 Å². The molecule has 1 aliphatic rings. The fourth-order valence-corrected chi connectivity index (χ4v) is 3.63. The van der Waals surface area contributed by atoms with Crippen LogP contribution in [0.25, 0.3) is 10.2 Å². The summed E-state index contributed by atoms with van der Waals surface area (Å²) in [4.78, 5) is 17.5. The number of nitrogens with two attached hydrogens (primary N) is 1. The van der Waals surface area contributed by atoms with Crippen LogP contribution in [0.5, 0.6) is 0 Å². The van der Waals surface area contributed by atoms with Crippen molar-refractivity contribution in [2.75, 3.05) is 18.0 Å². The van der Waals surface area contributed by atoms with Crippen LogP contribution in [0.4, 0.5) is 11.4 Å². The van der Waals surface area contributed by atoms with Crippen LogP contribution in [-0.4, -0.2) is 29.0 Å². The number of nitro groups is 1. The molecule has 1 saturated heterocycles. The molecule has 0 spiro atoms. The van der Waals surface area contributed by atoms with E-state index in [9.17, 15) is 10.1 Å². The number of rotatable bonds is 2. The second-order valence-corrected chi connectivity index (χ2v) is 6.91. The van der Waals surface area contributed by atoms with Crippen LogP contribution in [0, 0.1) is 23.0 Å². The van der Waals surface area contributed by atoms with Gasteiger partial charge in [0.1, 0.15) is 5.69 Å². The third-order valence-corrected chi connectivity index (χ3v) is 5.08. The van der Waals surface area contributed by atoms with Gasteiger partial charge in [-0.25, -0.2) is 4.98 Å². The van der Waals surface area contributed by atoms with Crippen molar-refractivity contribution in [1.82, 2.24) is 4.98 Å². The lowest BCUT2D eigenvalue weighted by Crippen LogP contribution is -2.47. The monoisotopic (exact) mass is 306 g/mol. The summed E-state index contributed by atoms with van der Waals surface area (Å²) in [6.45, 7) is 5.49. The largest absolute Gasteiger partial charge is 0.364 e. The van der Waals surface area contributed by atoms with Crippen molar-refractivity contribution in [2.24, 2.45) is 11.7 Å². The van der Waals surface area contributed by atoms with E-state index >= 15 is 0 Å². The predicted octanol–water partition coefficient (Wildman–Crippen LogP) is 2.69. The van der Waals surface area contributed by atoms with Crippen molar-refractivity contribution < 1.29 is 4.92 Å². The number of piperidine rings is 1. The zero-order valence-electron chi connectivity index (χ0n) is 12.1. The summed E-state index contributed by atoms with van der Waals surface area (Å²) in [5.74, 6) is 0.450. The number of hydrogen-bond donors (Lipinski definition) is 1. The molecule has 0 amide bonds. The molecule has 7 heteroatoms. The maximum Gasteiger partial charge on any atom is 0.294 e. The summed E-state index contributed by atoms with van der Waals surface area (Å²) in [5, 5.41) is 12.3. The van der Waals surface area contributed by atoms with E-state index in [-0.39, 0.29) is 16.7 Å². The second kappa shape index (κ2) is 5.23. The molecule has 2 heterocycles. The number of fused-ring (bicyclic) bond motifs is 1. The Balaban J connectivity index is 2.07. The molecule has 0 bridgehead atoms. The van der Waals surface area contributed by atoms with Gasteiger partial charge in [-0.3, -0.25) is 10.1 Å². The molecule has 0 saturated carbocycles. The second-order valence-electron chi connectivity index (χ2n) is 5.67. The summed E-state index contributed by atoms with van der Waals surface area (Å²) in [6, 6.07) is 3.52. The van der Waals surface area contributed by atoms with Crippen LogP contribution in [0.3, 0.4) is 0 Å². The maximum atomic E-state index is 11.4. The summed E-state index contributed by atoms with van der Waals surface area (Å²) < 4.78 is 0.859. The van der Waals surface area contributed by atoms with Crippen molar-refractivity contribution in [1.29, 1.82) is 0 Å². The molecular formula is C14H18N4O2S. The van der Waals surface area contributed by atoms with E-state index in [1.807, 2.05) is 17.9 Å². The Bertz CT molecular complexity index is 700. The Kier molecular flexibility index (Phi) is 3.54. The molecule has 1 aliphatic heterocycles. The molecule has 2 N–H and O–H groups in total. The molecule has 1 fully saturated rings. The van der Waals surface area contributed by atoms with Crippen molar-refractivity contribution in [3.05, 3.63) is 27.3 Å². The molecule has 21 heavy (non-hydrogen) atoms. The highest BCUT2D eigenvalue weighted by molar-refractivity contribution is 7.18. The Morgan fingerprint density at radius 3 is 2.95 bits per heavy atom. The van der Waals surface area contributed by atoms with E-state index < -0.39 is 0 Å². The number of anilines is 1. The molecule has 0 aliphatic carbocycles. The number of aromatic nitrogens is 1. The average Bonchev–Trinajstić information content (AvgIpc) is 2.79. The van der Waals surface area contributed by atoms with E-state index in [2.05, 4.69) is 11.9 Å². The van der Waals surface area contributed by atoms with Crippen LogP contribution in [-0.2, 0) is 0 Å². The van der Waals surface area contributed by atoms with Crippen LogP contribution >= 0.6 is 11.3 Å². The minimum absolute atomic E-state index is 0.0474. The first-order chi connectivity index (χ1) is 9.95. The highest BCUT2D eigenvalue weighted by Crippen LogP contribution is 2.36. The third kappa shape index (κ3) is 2.58. The zero-order valence-corrected chi connectivity index (χ0v) is 12.9. The molecule has 6 nitrogen and oxygen atoms in total. The van der Waals surface area contributed by atoms with Crippen LogP contribution in [0.2, 0.25) is 0 Å². The summed E-state index contributed by atoms with van der Waals surface area (Å²) in [5.41, 5.74) is 7.73. The molecular weight excluding hydrogens is 288 g/mol. The average molecular weight is 306 g/mol. The molecule has 2 atom stereocenters. The summed E-state index contributed by atoms with van der Waals surface area (Å²) in [7, 11) is 0. The van der Waals surface area contributed by atoms with E-state index in [1.165, 1.54) is 11.3 Å². The van der Waals surface area contributed by atoms with Gasteiger partial charge in [-0.15, -0.1) is 11.3 Å². The Hall–Kier alpha value is -1.73. The number of benzene rings is 1. The molecule has 112 valence electrons. The van der Waals surface area contributed by atoms with E-state index in [4.69, 9.17) is 5.73 Å². The predicted molar refractivity (Wildman–Crippen MR) is 85.0 cm³/mol. The molecule has 2 aromatic rings. The number of hydrogen-bond acceptors (Lipinski definition) is 6. The van der Waals surface area contributed by atoms with E-state index in [0.29, 0.717) is 18.2 Å². The van der Waals surface area contributed by atoms with Crippen molar-refractivity contribution in [3.63, 3.8) is 0 Å². The van der Waals surface area contributed by atoms with Gasteiger partial charge in [-0.1, -0.05) is 6.92 Å². The van der Waals surface area contributed by atoms with Crippen molar-refractivity contribution >= 4 is 32.9 Å². The minimum Gasteiger partial charge on any atom is -0.364 e. The van der Waals surface area contributed by atoms with Gasteiger partial charge in [0.05, 0.1) is 20.1 Å². The fraction of sp³-hybridized carbons (Fsp3) is 0.500. The standard InChI is InChI=1S/C14H18N4O2S/c1-8-3-4-17(7-10(8)15)12-5-11-14(21-9(2)16-11)6-13(12)18(19)20/h5-6,8,10H,3-4,7,15H2,1-2H3. The van der Waals surface area contributed by atoms with Gasteiger partial charge in [0.25, 0.3) is 5.69 Å².